The Bertz CT molecular complexity index is 1360. The molecule has 0 atom stereocenters. The van der Waals surface area contributed by atoms with Gasteiger partial charge < -0.3 is 19.9 Å². The summed E-state index contributed by atoms with van der Waals surface area (Å²) in [6.45, 7) is 7.60. The van der Waals surface area contributed by atoms with E-state index in [2.05, 4.69) is 21.9 Å². The summed E-state index contributed by atoms with van der Waals surface area (Å²) in [4.78, 5) is 49.7. The molecule has 4 heterocycles. The van der Waals surface area contributed by atoms with Crippen LogP contribution in [0.5, 0.6) is 0 Å². The van der Waals surface area contributed by atoms with Gasteiger partial charge in [0.25, 0.3) is 11.5 Å². The third-order valence-corrected chi connectivity index (χ3v) is 6.59. The molecule has 0 bridgehead atoms. The molecule has 5 rings (SSSR count). The number of likely N-dealkylation sites (tertiary alicyclic amines) is 1. The Hall–Kier alpha value is -4.05. The fraction of sp³-hybridized carbons (Fsp3) is 0.346. The van der Waals surface area contributed by atoms with E-state index in [1.807, 2.05) is 12.1 Å². The molecule has 0 aliphatic carbocycles. The molecule has 1 N–H and O–H groups in total. The molecule has 0 spiro atoms. The molecule has 2 aromatic heterocycles. The highest BCUT2D eigenvalue weighted by atomic mass is 16.5. The van der Waals surface area contributed by atoms with Gasteiger partial charge in [0.05, 0.1) is 13.2 Å². The topological polar surface area (TPSA) is 110 Å². The molecule has 36 heavy (non-hydrogen) atoms. The number of aromatic nitrogens is 3. The summed E-state index contributed by atoms with van der Waals surface area (Å²) < 4.78 is 6.99. The molecule has 2 fully saturated rings. The minimum atomic E-state index is -0.136. The number of hydrogen-bond acceptors (Lipinski definition) is 7. The van der Waals surface area contributed by atoms with Crippen LogP contribution in [0.2, 0.25) is 0 Å². The summed E-state index contributed by atoms with van der Waals surface area (Å²) in [6, 6.07) is 10.4. The number of morpholine rings is 1. The summed E-state index contributed by atoms with van der Waals surface area (Å²) >= 11 is 0. The summed E-state index contributed by atoms with van der Waals surface area (Å²) in [5.41, 5.74) is 1.66. The Morgan fingerprint density at radius 2 is 1.94 bits per heavy atom. The van der Waals surface area contributed by atoms with E-state index in [0.717, 1.165) is 11.8 Å². The van der Waals surface area contributed by atoms with Crippen LogP contribution < -0.4 is 10.9 Å². The Kier molecular flexibility index (Phi) is 6.77. The molecule has 2 saturated heterocycles. The SMILES string of the molecule is C=CC(=O)N1CC(CCn2c(=O)ccc3cnc(Nc4cccc(C(=O)N5CCOCC5)c4)nc32)C1. The predicted molar refractivity (Wildman–Crippen MR) is 135 cm³/mol. The number of nitrogens with zero attached hydrogens (tertiary/aromatic N) is 5. The van der Waals surface area contributed by atoms with E-state index >= 15 is 0 Å². The fourth-order valence-corrected chi connectivity index (χ4v) is 4.53. The van der Waals surface area contributed by atoms with Crippen LogP contribution in [0.4, 0.5) is 11.6 Å². The second kappa shape index (κ2) is 10.3. The number of benzene rings is 1. The first-order chi connectivity index (χ1) is 17.5. The molecule has 10 nitrogen and oxygen atoms in total. The van der Waals surface area contributed by atoms with Crippen LogP contribution in [0.15, 0.2) is 60.0 Å². The summed E-state index contributed by atoms with van der Waals surface area (Å²) in [7, 11) is 0. The molecular formula is C26H28N6O4. The maximum atomic E-state index is 12.8. The number of amides is 2. The number of ether oxygens (including phenoxy) is 1. The average Bonchev–Trinajstić information content (AvgIpc) is 2.88. The van der Waals surface area contributed by atoms with Crippen molar-refractivity contribution >= 4 is 34.5 Å². The third-order valence-electron chi connectivity index (χ3n) is 6.59. The van der Waals surface area contributed by atoms with Gasteiger partial charge in [0.1, 0.15) is 5.65 Å². The van der Waals surface area contributed by atoms with Gasteiger partial charge >= 0.3 is 0 Å². The van der Waals surface area contributed by atoms with Crippen molar-refractivity contribution in [1.29, 1.82) is 0 Å². The van der Waals surface area contributed by atoms with E-state index in [0.29, 0.717) is 74.7 Å². The number of carbonyl (C=O) groups excluding carboxylic acids is 2. The molecule has 0 radical (unpaired) electrons. The van der Waals surface area contributed by atoms with Crippen molar-refractivity contribution in [3.63, 3.8) is 0 Å². The number of aryl methyl sites for hydroxylation is 1. The lowest BCUT2D eigenvalue weighted by atomic mass is 9.96. The van der Waals surface area contributed by atoms with Crippen molar-refractivity contribution in [2.45, 2.75) is 13.0 Å². The van der Waals surface area contributed by atoms with Crippen LogP contribution in [0.1, 0.15) is 16.8 Å². The lowest BCUT2D eigenvalue weighted by Crippen LogP contribution is -2.49. The monoisotopic (exact) mass is 488 g/mol. The van der Waals surface area contributed by atoms with E-state index in [9.17, 15) is 14.4 Å². The highest BCUT2D eigenvalue weighted by Crippen LogP contribution is 2.22. The number of fused-ring (bicyclic) bond motifs is 1. The number of nitrogens with one attached hydrogen (secondary N) is 1. The minimum Gasteiger partial charge on any atom is -0.378 e. The van der Waals surface area contributed by atoms with Crippen LogP contribution in [-0.2, 0) is 16.1 Å². The molecule has 186 valence electrons. The van der Waals surface area contributed by atoms with Gasteiger partial charge in [0.2, 0.25) is 11.9 Å². The standard InChI is InChI=1S/C26H28N6O4/c1-2-22(33)31-16-18(17-31)8-9-32-23(34)7-6-20-15-27-26(29-24(20)32)28-21-5-3-4-19(14-21)25(35)30-10-12-36-13-11-30/h2-7,14-15,18H,1,8-13,16-17H2,(H,27,28,29). The maximum Gasteiger partial charge on any atom is 0.254 e. The van der Waals surface area contributed by atoms with Gasteiger partial charge in [-0.25, -0.2) is 4.98 Å². The largest absolute Gasteiger partial charge is 0.378 e. The van der Waals surface area contributed by atoms with Crippen LogP contribution in [0.3, 0.4) is 0 Å². The number of carbonyl (C=O) groups is 2. The number of pyridine rings is 1. The number of anilines is 2. The minimum absolute atomic E-state index is 0.0421. The first-order valence-corrected chi connectivity index (χ1v) is 12.0. The van der Waals surface area contributed by atoms with Crippen LogP contribution in [-0.4, -0.2) is 75.5 Å². The molecule has 2 amide bonds. The van der Waals surface area contributed by atoms with Gasteiger partial charge in [-0.1, -0.05) is 12.6 Å². The molecule has 2 aliphatic rings. The molecule has 0 unspecified atom stereocenters. The van der Waals surface area contributed by atoms with Crippen molar-refractivity contribution in [2.75, 3.05) is 44.7 Å². The fourth-order valence-electron chi connectivity index (χ4n) is 4.53. The van der Waals surface area contributed by atoms with E-state index in [-0.39, 0.29) is 17.4 Å². The van der Waals surface area contributed by atoms with Gasteiger partial charge in [-0.2, -0.15) is 4.98 Å². The molecule has 0 saturated carbocycles. The van der Waals surface area contributed by atoms with E-state index in [4.69, 9.17) is 4.74 Å². The Morgan fingerprint density at radius 3 is 2.72 bits per heavy atom. The highest BCUT2D eigenvalue weighted by Gasteiger charge is 2.29. The van der Waals surface area contributed by atoms with Gasteiger partial charge in [-0.3, -0.25) is 19.0 Å². The third kappa shape index (κ3) is 4.99. The molecule has 2 aliphatic heterocycles. The lowest BCUT2D eigenvalue weighted by molar-refractivity contribution is -0.132. The van der Waals surface area contributed by atoms with Crippen molar-refractivity contribution in [3.05, 3.63) is 71.2 Å². The van der Waals surface area contributed by atoms with E-state index in [1.165, 1.54) is 12.1 Å². The van der Waals surface area contributed by atoms with E-state index in [1.54, 1.807) is 38.8 Å². The summed E-state index contributed by atoms with van der Waals surface area (Å²) in [5, 5.41) is 3.92. The Balaban J connectivity index is 1.31. The Labute approximate surface area is 208 Å². The zero-order chi connectivity index (χ0) is 25.1. The van der Waals surface area contributed by atoms with Crippen LogP contribution in [0.25, 0.3) is 11.0 Å². The van der Waals surface area contributed by atoms with Crippen molar-refractivity contribution in [1.82, 2.24) is 24.3 Å². The van der Waals surface area contributed by atoms with Gasteiger partial charge in [-0.15, -0.1) is 0 Å². The van der Waals surface area contributed by atoms with Crippen LogP contribution in [0, 0.1) is 5.92 Å². The molecule has 10 heteroatoms. The van der Waals surface area contributed by atoms with Gasteiger partial charge in [-0.05, 0) is 42.7 Å². The molecular weight excluding hydrogens is 460 g/mol. The first-order valence-electron chi connectivity index (χ1n) is 12.0. The van der Waals surface area contributed by atoms with Crippen LogP contribution >= 0.6 is 0 Å². The van der Waals surface area contributed by atoms with Gasteiger partial charge in [0.15, 0.2) is 0 Å². The Morgan fingerprint density at radius 1 is 1.14 bits per heavy atom. The second-order valence-corrected chi connectivity index (χ2v) is 9.01. The zero-order valence-electron chi connectivity index (χ0n) is 19.9. The lowest BCUT2D eigenvalue weighted by Gasteiger charge is -2.38. The second-order valence-electron chi connectivity index (χ2n) is 9.01. The quantitative estimate of drug-likeness (QED) is 0.507. The summed E-state index contributed by atoms with van der Waals surface area (Å²) in [5.74, 6) is 0.568. The average molecular weight is 489 g/mol. The summed E-state index contributed by atoms with van der Waals surface area (Å²) in [6.07, 6.45) is 3.76. The van der Waals surface area contributed by atoms with Crippen molar-refractivity contribution < 1.29 is 14.3 Å². The highest BCUT2D eigenvalue weighted by molar-refractivity contribution is 5.95. The molecule has 3 aromatic rings. The van der Waals surface area contributed by atoms with E-state index < -0.39 is 0 Å². The van der Waals surface area contributed by atoms with Gasteiger partial charge in [0, 0.05) is 61.6 Å². The zero-order valence-corrected chi connectivity index (χ0v) is 19.9. The molecule has 1 aromatic carbocycles. The normalized spacial score (nSPS) is 16.0. The van der Waals surface area contributed by atoms with Crippen molar-refractivity contribution in [3.8, 4) is 0 Å². The first kappa shape index (κ1) is 23.7. The predicted octanol–water partition coefficient (Wildman–Crippen LogP) is 2.04. The number of rotatable bonds is 7. The smallest absolute Gasteiger partial charge is 0.254 e. The maximum absolute atomic E-state index is 12.8. The number of hydrogen-bond donors (Lipinski definition) is 1. The van der Waals surface area contributed by atoms with Crippen molar-refractivity contribution in [2.24, 2.45) is 5.92 Å².